The summed E-state index contributed by atoms with van der Waals surface area (Å²) in [4.78, 5) is 28.0. The van der Waals surface area contributed by atoms with Gasteiger partial charge in [0.2, 0.25) is 5.91 Å². The largest absolute Gasteiger partial charge is 0.480 e. The first-order valence-electron chi connectivity index (χ1n) is 5.83. The molecule has 1 heterocycles. The van der Waals surface area contributed by atoms with Crippen LogP contribution in [0.15, 0.2) is 12.5 Å². The molecule has 9 heteroatoms. The number of carbonyl (C=O) groups excluding carboxylic acids is 1. The van der Waals surface area contributed by atoms with Gasteiger partial charge in [0, 0.05) is 32.4 Å². The molecule has 0 fully saturated rings. The summed E-state index contributed by atoms with van der Waals surface area (Å²) in [6, 6.07) is -1.06. The number of likely N-dealkylation sites (N-methyl/N-ethyl adjacent to an activating group) is 1. The van der Waals surface area contributed by atoms with Crippen LogP contribution in [0.5, 0.6) is 0 Å². The second-order valence-electron chi connectivity index (χ2n) is 4.40. The maximum Gasteiger partial charge on any atom is 0.326 e. The molecule has 20 heavy (non-hydrogen) atoms. The number of aliphatic carboxylic acids is 1. The van der Waals surface area contributed by atoms with E-state index in [0.717, 1.165) is 0 Å². The van der Waals surface area contributed by atoms with Crippen molar-refractivity contribution < 1.29 is 14.7 Å². The fourth-order valence-corrected chi connectivity index (χ4v) is 1.53. The average molecular weight is 282 g/mol. The lowest BCUT2D eigenvalue weighted by atomic mass is 10.1. The van der Waals surface area contributed by atoms with E-state index in [1.165, 1.54) is 11.9 Å². The van der Waals surface area contributed by atoms with Crippen molar-refractivity contribution >= 4 is 17.8 Å². The van der Waals surface area contributed by atoms with Gasteiger partial charge in [0.25, 0.3) is 0 Å². The lowest BCUT2D eigenvalue weighted by Gasteiger charge is -2.19. The summed E-state index contributed by atoms with van der Waals surface area (Å²) in [5, 5.41) is 18.7. The van der Waals surface area contributed by atoms with Crippen LogP contribution in [0.1, 0.15) is 5.69 Å². The minimum atomic E-state index is -1.13. The zero-order valence-electron chi connectivity index (χ0n) is 11.3. The lowest BCUT2D eigenvalue weighted by molar-refractivity contribution is -0.141. The molecule has 0 aromatic carbocycles. The van der Waals surface area contributed by atoms with Gasteiger partial charge in [-0.3, -0.25) is 10.2 Å². The molecule has 0 aliphatic heterocycles. The van der Waals surface area contributed by atoms with Crippen LogP contribution in [0.3, 0.4) is 0 Å². The predicted octanol–water partition coefficient (Wildman–Crippen LogP) is -1.64. The number of hydrogen-bond donors (Lipinski definition) is 4. The second-order valence-corrected chi connectivity index (χ2v) is 4.40. The molecular formula is C11H18N6O3. The van der Waals surface area contributed by atoms with Crippen LogP contribution in [-0.4, -0.2) is 57.0 Å². The molecule has 0 bridgehead atoms. The van der Waals surface area contributed by atoms with Crippen LogP contribution in [0.2, 0.25) is 0 Å². The van der Waals surface area contributed by atoms with Gasteiger partial charge in [0.15, 0.2) is 5.96 Å². The molecule has 0 spiro atoms. The van der Waals surface area contributed by atoms with E-state index in [9.17, 15) is 9.59 Å². The molecule has 1 rings (SSSR count). The van der Waals surface area contributed by atoms with Crippen LogP contribution >= 0.6 is 0 Å². The third kappa shape index (κ3) is 4.26. The van der Waals surface area contributed by atoms with Crippen molar-refractivity contribution in [2.45, 2.75) is 12.5 Å². The van der Waals surface area contributed by atoms with Gasteiger partial charge in [-0.05, 0) is 0 Å². The standard InChI is InChI=1S/C11H18N6O3/c1-16(11(12)13)5-9(18)15-8(10(19)20)3-7-4-14-6-17(7)2/h4,6,8H,3,5H2,1-2H3,(H3,12,13)(H,15,18)(H,19,20)/t8-/m0/s1. The molecule has 1 atom stereocenters. The third-order valence-electron chi connectivity index (χ3n) is 2.76. The van der Waals surface area contributed by atoms with Crippen LogP contribution in [0, 0.1) is 5.41 Å². The summed E-state index contributed by atoms with van der Waals surface area (Å²) in [5.41, 5.74) is 5.90. The van der Waals surface area contributed by atoms with Gasteiger partial charge in [0.05, 0.1) is 12.9 Å². The number of imidazole rings is 1. The number of carbonyl (C=O) groups is 2. The predicted molar refractivity (Wildman–Crippen MR) is 71.0 cm³/mol. The molecule has 1 aromatic rings. The smallest absolute Gasteiger partial charge is 0.326 e. The van der Waals surface area contributed by atoms with Gasteiger partial charge in [0.1, 0.15) is 6.04 Å². The zero-order chi connectivity index (χ0) is 15.3. The normalized spacial score (nSPS) is 11.7. The maximum atomic E-state index is 11.7. The topological polar surface area (TPSA) is 137 Å². The van der Waals surface area contributed by atoms with Crippen molar-refractivity contribution in [1.29, 1.82) is 5.41 Å². The number of carboxylic acids is 1. The summed E-state index contributed by atoms with van der Waals surface area (Å²) in [6.07, 6.45) is 3.23. The Morgan fingerprint density at radius 1 is 1.65 bits per heavy atom. The molecule has 110 valence electrons. The first-order chi connectivity index (χ1) is 9.31. The Bertz CT molecular complexity index is 512. The fourth-order valence-electron chi connectivity index (χ4n) is 1.53. The molecule has 0 saturated carbocycles. The highest BCUT2D eigenvalue weighted by Gasteiger charge is 2.22. The fraction of sp³-hybridized carbons (Fsp3) is 0.455. The van der Waals surface area contributed by atoms with Gasteiger partial charge < -0.3 is 25.6 Å². The molecule has 1 aromatic heterocycles. The minimum absolute atomic E-state index is 0.126. The Morgan fingerprint density at radius 2 is 2.30 bits per heavy atom. The van der Waals surface area contributed by atoms with Gasteiger partial charge >= 0.3 is 5.97 Å². The molecule has 0 saturated heterocycles. The summed E-state index contributed by atoms with van der Waals surface area (Å²) >= 11 is 0. The Balaban J connectivity index is 2.64. The van der Waals surface area contributed by atoms with E-state index in [0.29, 0.717) is 5.69 Å². The van der Waals surface area contributed by atoms with Gasteiger partial charge in [-0.1, -0.05) is 0 Å². The molecule has 9 nitrogen and oxygen atoms in total. The van der Waals surface area contributed by atoms with Gasteiger partial charge in [-0.2, -0.15) is 0 Å². The number of rotatable bonds is 6. The first kappa shape index (κ1) is 15.5. The van der Waals surface area contributed by atoms with E-state index < -0.39 is 17.9 Å². The maximum absolute atomic E-state index is 11.7. The molecule has 0 aliphatic carbocycles. The lowest BCUT2D eigenvalue weighted by Crippen LogP contribution is -2.48. The number of aryl methyl sites for hydroxylation is 1. The second kappa shape index (κ2) is 6.55. The Morgan fingerprint density at radius 3 is 2.75 bits per heavy atom. The SMILES string of the molecule is CN(CC(=O)N[C@@H](Cc1cncn1C)C(=O)O)C(=N)N. The van der Waals surface area contributed by atoms with E-state index in [4.69, 9.17) is 16.2 Å². The van der Waals surface area contributed by atoms with Crippen LogP contribution in [0.25, 0.3) is 0 Å². The van der Waals surface area contributed by atoms with Crippen molar-refractivity contribution in [2.24, 2.45) is 12.8 Å². The number of amides is 1. The van der Waals surface area contributed by atoms with Gasteiger partial charge in [-0.25, -0.2) is 9.78 Å². The van der Waals surface area contributed by atoms with E-state index >= 15 is 0 Å². The summed E-state index contributed by atoms with van der Waals surface area (Å²) < 4.78 is 1.68. The first-order valence-corrected chi connectivity index (χ1v) is 5.83. The monoisotopic (exact) mass is 282 g/mol. The quantitative estimate of drug-likeness (QED) is 0.364. The summed E-state index contributed by atoms with van der Waals surface area (Å²) in [6.45, 7) is -0.176. The third-order valence-corrected chi connectivity index (χ3v) is 2.76. The molecule has 1 amide bonds. The van der Waals surface area contributed by atoms with Crippen molar-refractivity contribution in [1.82, 2.24) is 19.8 Å². The van der Waals surface area contributed by atoms with E-state index in [-0.39, 0.29) is 18.9 Å². The number of carboxylic acid groups (broad SMARTS) is 1. The van der Waals surface area contributed by atoms with Crippen LogP contribution < -0.4 is 11.1 Å². The van der Waals surface area contributed by atoms with Crippen molar-refractivity contribution in [2.75, 3.05) is 13.6 Å². The number of nitrogens with zero attached hydrogens (tertiary/aromatic N) is 3. The Kier molecular flexibility index (Phi) is 5.07. The van der Waals surface area contributed by atoms with E-state index in [1.54, 1.807) is 24.1 Å². The van der Waals surface area contributed by atoms with Gasteiger partial charge in [-0.15, -0.1) is 0 Å². The molecule has 5 N–H and O–H groups in total. The van der Waals surface area contributed by atoms with E-state index in [1.807, 2.05) is 0 Å². The minimum Gasteiger partial charge on any atom is -0.480 e. The Labute approximate surface area is 115 Å². The molecular weight excluding hydrogens is 264 g/mol. The van der Waals surface area contributed by atoms with E-state index in [2.05, 4.69) is 10.3 Å². The van der Waals surface area contributed by atoms with Crippen LogP contribution in [0.4, 0.5) is 0 Å². The number of nitrogens with one attached hydrogen (secondary N) is 2. The number of hydrogen-bond acceptors (Lipinski definition) is 4. The molecule has 0 aliphatic rings. The van der Waals surface area contributed by atoms with Crippen molar-refractivity contribution in [3.8, 4) is 0 Å². The van der Waals surface area contributed by atoms with Crippen molar-refractivity contribution in [3.63, 3.8) is 0 Å². The Hall–Kier alpha value is -2.58. The number of guanidine groups is 1. The average Bonchev–Trinajstić information content (AvgIpc) is 2.73. The number of nitrogens with two attached hydrogens (primary N) is 1. The number of aromatic nitrogens is 2. The highest BCUT2D eigenvalue weighted by molar-refractivity contribution is 5.87. The molecule has 0 unspecified atom stereocenters. The summed E-state index contributed by atoms with van der Waals surface area (Å²) in [7, 11) is 3.21. The summed E-state index contributed by atoms with van der Waals surface area (Å²) in [5.74, 6) is -1.92. The van der Waals surface area contributed by atoms with Crippen molar-refractivity contribution in [3.05, 3.63) is 18.2 Å². The highest BCUT2D eigenvalue weighted by atomic mass is 16.4. The van der Waals surface area contributed by atoms with Crippen LogP contribution in [-0.2, 0) is 23.1 Å². The highest BCUT2D eigenvalue weighted by Crippen LogP contribution is 2.02. The zero-order valence-corrected chi connectivity index (χ0v) is 11.3. The molecule has 0 radical (unpaired) electrons.